The number of aryl methyl sites for hydroxylation is 1. The molecule has 0 radical (unpaired) electrons. The summed E-state index contributed by atoms with van der Waals surface area (Å²) in [6, 6.07) is 4.53. The summed E-state index contributed by atoms with van der Waals surface area (Å²) >= 11 is 5.77. The second kappa shape index (κ2) is 4.53. The molecule has 18 heavy (non-hydrogen) atoms. The van der Waals surface area contributed by atoms with Crippen molar-refractivity contribution in [2.45, 2.75) is 11.8 Å². The van der Waals surface area contributed by atoms with Crippen LogP contribution in [0.15, 0.2) is 23.1 Å². The zero-order valence-electron chi connectivity index (χ0n) is 9.63. The Kier molecular flexibility index (Phi) is 3.35. The fraction of sp³-hybridized carbons (Fsp3) is 0.364. The van der Waals surface area contributed by atoms with Crippen molar-refractivity contribution < 1.29 is 18.3 Å². The van der Waals surface area contributed by atoms with Gasteiger partial charge in [0, 0.05) is 18.1 Å². The molecule has 98 valence electrons. The van der Waals surface area contributed by atoms with Crippen molar-refractivity contribution in [1.82, 2.24) is 4.31 Å². The molecule has 1 aromatic carbocycles. The molecule has 0 amide bonds. The normalized spacial score (nSPS) is 17.4. The lowest BCUT2D eigenvalue weighted by Crippen LogP contribution is -2.52. The predicted molar refractivity (Wildman–Crippen MR) is 66.1 cm³/mol. The minimum absolute atomic E-state index is 0.0275. The Bertz CT molecular complexity index is 593. The fourth-order valence-electron chi connectivity index (χ4n) is 1.83. The van der Waals surface area contributed by atoms with Crippen molar-refractivity contribution in [3.63, 3.8) is 0 Å². The van der Waals surface area contributed by atoms with E-state index in [2.05, 4.69) is 0 Å². The van der Waals surface area contributed by atoms with E-state index in [9.17, 15) is 13.2 Å². The Labute approximate surface area is 110 Å². The van der Waals surface area contributed by atoms with Crippen molar-refractivity contribution in [2.75, 3.05) is 13.1 Å². The van der Waals surface area contributed by atoms with Gasteiger partial charge < -0.3 is 5.11 Å². The number of carboxylic acids is 1. The van der Waals surface area contributed by atoms with Crippen LogP contribution in [-0.4, -0.2) is 36.9 Å². The van der Waals surface area contributed by atoms with E-state index in [4.69, 9.17) is 16.7 Å². The van der Waals surface area contributed by atoms with Crippen molar-refractivity contribution in [1.29, 1.82) is 0 Å². The maximum atomic E-state index is 12.2. The largest absolute Gasteiger partial charge is 0.481 e. The third-order valence-electron chi connectivity index (χ3n) is 2.95. The summed E-state index contributed by atoms with van der Waals surface area (Å²) in [4.78, 5) is 10.8. The van der Waals surface area contributed by atoms with Gasteiger partial charge in [0.05, 0.1) is 10.8 Å². The first-order valence-corrected chi connectivity index (χ1v) is 7.13. The Hall–Kier alpha value is -1.11. The molecule has 1 N–H and O–H groups in total. The fourth-order valence-corrected chi connectivity index (χ4v) is 3.79. The van der Waals surface area contributed by atoms with Crippen LogP contribution in [-0.2, 0) is 14.8 Å². The minimum Gasteiger partial charge on any atom is -0.481 e. The van der Waals surface area contributed by atoms with Gasteiger partial charge in [0.15, 0.2) is 0 Å². The topological polar surface area (TPSA) is 74.7 Å². The van der Waals surface area contributed by atoms with Gasteiger partial charge in [0.1, 0.15) is 0 Å². The molecule has 1 aromatic rings. The molecular weight excluding hydrogens is 278 g/mol. The molecule has 1 fully saturated rings. The van der Waals surface area contributed by atoms with Gasteiger partial charge in [-0.2, -0.15) is 4.31 Å². The van der Waals surface area contributed by atoms with Crippen molar-refractivity contribution in [2.24, 2.45) is 5.92 Å². The third kappa shape index (κ3) is 2.23. The molecule has 1 saturated heterocycles. The van der Waals surface area contributed by atoms with E-state index in [0.29, 0.717) is 10.6 Å². The molecule has 0 saturated carbocycles. The molecule has 0 spiro atoms. The Morgan fingerprint density at radius 1 is 1.44 bits per heavy atom. The summed E-state index contributed by atoms with van der Waals surface area (Å²) in [5.74, 6) is -1.57. The SMILES string of the molecule is Cc1cc(Cl)ccc1S(=O)(=O)N1CC(C(=O)O)C1. The lowest BCUT2D eigenvalue weighted by Gasteiger charge is -2.35. The Balaban J connectivity index is 2.25. The summed E-state index contributed by atoms with van der Waals surface area (Å²) in [5.41, 5.74) is 0.557. The molecule has 2 rings (SSSR count). The molecule has 0 aliphatic carbocycles. The zero-order valence-corrected chi connectivity index (χ0v) is 11.2. The standard InChI is InChI=1S/C11H12ClNO4S/c1-7-4-9(12)2-3-10(7)18(16,17)13-5-8(6-13)11(14)15/h2-4,8H,5-6H2,1H3,(H,14,15). The van der Waals surface area contributed by atoms with Crippen LogP contribution in [0.2, 0.25) is 5.02 Å². The number of halogens is 1. The van der Waals surface area contributed by atoms with Gasteiger partial charge >= 0.3 is 5.97 Å². The van der Waals surface area contributed by atoms with Gasteiger partial charge in [0.25, 0.3) is 0 Å². The van der Waals surface area contributed by atoms with Gasteiger partial charge in [-0.15, -0.1) is 0 Å². The van der Waals surface area contributed by atoms with Crippen LogP contribution in [0.4, 0.5) is 0 Å². The van der Waals surface area contributed by atoms with Crippen molar-refractivity contribution in [3.8, 4) is 0 Å². The number of nitrogens with zero attached hydrogens (tertiary/aromatic N) is 1. The van der Waals surface area contributed by atoms with Gasteiger partial charge in [0.2, 0.25) is 10.0 Å². The summed E-state index contributed by atoms with van der Waals surface area (Å²) in [6.45, 7) is 1.71. The lowest BCUT2D eigenvalue weighted by atomic mass is 10.0. The monoisotopic (exact) mass is 289 g/mol. The van der Waals surface area contributed by atoms with E-state index in [0.717, 1.165) is 0 Å². The van der Waals surface area contributed by atoms with E-state index in [-0.39, 0.29) is 18.0 Å². The molecule has 7 heteroatoms. The number of carbonyl (C=O) groups is 1. The Morgan fingerprint density at radius 3 is 2.56 bits per heavy atom. The number of hydrogen-bond acceptors (Lipinski definition) is 3. The van der Waals surface area contributed by atoms with E-state index in [1.165, 1.54) is 16.4 Å². The molecule has 1 aliphatic rings. The minimum atomic E-state index is -3.60. The molecule has 0 unspecified atom stereocenters. The molecule has 1 aliphatic heterocycles. The number of rotatable bonds is 3. The first-order chi connectivity index (χ1) is 8.32. The molecule has 0 bridgehead atoms. The Morgan fingerprint density at radius 2 is 2.06 bits per heavy atom. The van der Waals surface area contributed by atoms with E-state index < -0.39 is 21.9 Å². The van der Waals surface area contributed by atoms with Crippen LogP contribution in [0.1, 0.15) is 5.56 Å². The summed E-state index contributed by atoms with van der Waals surface area (Å²) < 4.78 is 25.6. The predicted octanol–water partition coefficient (Wildman–Crippen LogP) is 1.35. The molecule has 1 heterocycles. The van der Waals surface area contributed by atoms with E-state index in [1.54, 1.807) is 13.0 Å². The van der Waals surface area contributed by atoms with Crippen LogP contribution < -0.4 is 0 Å². The quantitative estimate of drug-likeness (QED) is 0.911. The maximum Gasteiger partial charge on any atom is 0.309 e. The highest BCUT2D eigenvalue weighted by molar-refractivity contribution is 7.89. The van der Waals surface area contributed by atoms with Crippen LogP contribution in [0.5, 0.6) is 0 Å². The highest BCUT2D eigenvalue weighted by atomic mass is 35.5. The van der Waals surface area contributed by atoms with Crippen LogP contribution in [0.25, 0.3) is 0 Å². The summed E-state index contributed by atoms with van der Waals surface area (Å²) in [5, 5.41) is 9.21. The first-order valence-electron chi connectivity index (χ1n) is 5.31. The van der Waals surface area contributed by atoms with Crippen molar-refractivity contribution >= 4 is 27.6 Å². The van der Waals surface area contributed by atoms with Crippen LogP contribution in [0, 0.1) is 12.8 Å². The lowest BCUT2D eigenvalue weighted by molar-refractivity contribution is -0.145. The number of carboxylic acid groups (broad SMARTS) is 1. The summed E-state index contributed by atoms with van der Waals surface area (Å²) in [6.07, 6.45) is 0. The van der Waals surface area contributed by atoms with E-state index >= 15 is 0 Å². The number of sulfonamides is 1. The molecule has 5 nitrogen and oxygen atoms in total. The second-order valence-electron chi connectivity index (χ2n) is 4.27. The average Bonchev–Trinajstić information content (AvgIpc) is 2.12. The number of hydrogen-bond donors (Lipinski definition) is 1. The van der Waals surface area contributed by atoms with Gasteiger partial charge in [-0.1, -0.05) is 11.6 Å². The molecule has 0 atom stereocenters. The second-order valence-corrected chi connectivity index (χ2v) is 6.61. The van der Waals surface area contributed by atoms with Gasteiger partial charge in [-0.25, -0.2) is 8.42 Å². The molecule has 0 aromatic heterocycles. The first kappa shape index (κ1) is 13.3. The smallest absolute Gasteiger partial charge is 0.309 e. The molecular formula is C11H12ClNO4S. The average molecular weight is 290 g/mol. The van der Waals surface area contributed by atoms with Crippen LogP contribution >= 0.6 is 11.6 Å². The summed E-state index contributed by atoms with van der Waals surface area (Å²) in [7, 11) is -3.60. The van der Waals surface area contributed by atoms with Crippen molar-refractivity contribution in [3.05, 3.63) is 28.8 Å². The number of benzene rings is 1. The third-order valence-corrected chi connectivity index (χ3v) is 5.18. The highest BCUT2D eigenvalue weighted by Gasteiger charge is 2.40. The van der Waals surface area contributed by atoms with E-state index in [1.807, 2.05) is 0 Å². The highest BCUT2D eigenvalue weighted by Crippen LogP contribution is 2.28. The van der Waals surface area contributed by atoms with Crippen LogP contribution in [0.3, 0.4) is 0 Å². The van der Waals surface area contributed by atoms with Gasteiger partial charge in [-0.3, -0.25) is 4.79 Å². The number of aliphatic carboxylic acids is 1. The van der Waals surface area contributed by atoms with Gasteiger partial charge in [-0.05, 0) is 30.7 Å². The maximum absolute atomic E-state index is 12.2. The zero-order chi connectivity index (χ0) is 13.5.